The fourth-order valence-electron chi connectivity index (χ4n) is 4.29. The van der Waals surface area contributed by atoms with Gasteiger partial charge < -0.3 is 20.5 Å². The Morgan fingerprint density at radius 2 is 1.48 bits per heavy atom. The Kier molecular flexibility index (Phi) is 12.7. The average Bonchev–Trinajstić information content (AvgIpc) is 2.97. The van der Waals surface area contributed by atoms with Crippen LogP contribution in [0.3, 0.4) is 0 Å². The molecule has 13 heteroatoms. The van der Waals surface area contributed by atoms with E-state index >= 15 is 0 Å². The van der Waals surface area contributed by atoms with Crippen molar-refractivity contribution in [3.8, 4) is 0 Å². The number of H-pyrrole nitrogens is 1. The van der Waals surface area contributed by atoms with E-state index < -0.39 is 46.6 Å². The van der Waals surface area contributed by atoms with Gasteiger partial charge in [0.25, 0.3) is 11.8 Å². The van der Waals surface area contributed by atoms with Crippen molar-refractivity contribution in [1.29, 1.82) is 0 Å². The van der Waals surface area contributed by atoms with Crippen LogP contribution in [0.5, 0.6) is 0 Å². The highest BCUT2D eigenvalue weighted by atomic mass is 19.4. The van der Waals surface area contributed by atoms with Crippen LogP contribution in [0.25, 0.3) is 0 Å². The zero-order chi connectivity index (χ0) is 33.9. The first kappa shape index (κ1) is 35.6. The minimum Gasteiger partial charge on any atom is -0.351 e. The van der Waals surface area contributed by atoms with Gasteiger partial charge >= 0.3 is 6.18 Å². The summed E-state index contributed by atoms with van der Waals surface area (Å²) in [5.74, 6) is -3.02. The molecule has 0 aliphatic heterocycles. The van der Waals surface area contributed by atoms with Crippen LogP contribution >= 0.6 is 0 Å². The molecule has 4 rings (SSSR count). The van der Waals surface area contributed by atoms with Gasteiger partial charge in [0, 0.05) is 44.4 Å². The maximum atomic E-state index is 13.5. The Morgan fingerprint density at radius 1 is 0.826 bits per heavy atom. The molecule has 1 heterocycles. The normalized spacial score (nSPS) is 11.0. The summed E-state index contributed by atoms with van der Waals surface area (Å²) in [6.07, 6.45) is -4.23. The van der Waals surface area contributed by atoms with E-state index in [1.165, 1.54) is 23.1 Å². The SMILES string of the molecule is CN(Cc1ccccc1)C(=O)c1cc(C(=O)NCCCNCc2cc(F)cc(C(F)(F)F)c2)[nH]c(=O)c1.Cc1cc(F)cc(F)c1. The van der Waals surface area contributed by atoms with Crippen LogP contribution in [0.4, 0.5) is 26.3 Å². The Balaban J connectivity index is 0.000000549. The summed E-state index contributed by atoms with van der Waals surface area (Å²) in [5, 5.41) is 5.51. The number of halogens is 6. The van der Waals surface area contributed by atoms with E-state index in [2.05, 4.69) is 15.6 Å². The number of aryl methyl sites for hydroxylation is 1. The average molecular weight is 647 g/mol. The topological polar surface area (TPSA) is 94.3 Å². The van der Waals surface area contributed by atoms with E-state index in [-0.39, 0.29) is 29.9 Å². The molecule has 244 valence electrons. The fraction of sp³-hybridized carbons (Fsp3) is 0.242. The fourth-order valence-corrected chi connectivity index (χ4v) is 4.29. The smallest absolute Gasteiger partial charge is 0.351 e. The summed E-state index contributed by atoms with van der Waals surface area (Å²) >= 11 is 0. The third-order valence-corrected chi connectivity index (χ3v) is 6.38. The summed E-state index contributed by atoms with van der Waals surface area (Å²) in [4.78, 5) is 41.1. The zero-order valence-corrected chi connectivity index (χ0v) is 25.0. The van der Waals surface area contributed by atoms with Gasteiger partial charge in [-0.2, -0.15) is 13.2 Å². The quantitative estimate of drug-likeness (QED) is 0.146. The lowest BCUT2D eigenvalue weighted by atomic mass is 10.1. The van der Waals surface area contributed by atoms with Crippen molar-refractivity contribution in [3.05, 3.63) is 140 Å². The van der Waals surface area contributed by atoms with Gasteiger partial charge in [0.1, 0.15) is 23.1 Å². The number of hydrogen-bond donors (Lipinski definition) is 3. The Morgan fingerprint density at radius 3 is 2.11 bits per heavy atom. The van der Waals surface area contributed by atoms with Gasteiger partial charge in [-0.3, -0.25) is 14.4 Å². The highest BCUT2D eigenvalue weighted by Gasteiger charge is 2.31. The minimum absolute atomic E-state index is 0.0166. The van der Waals surface area contributed by atoms with Gasteiger partial charge in [0.05, 0.1) is 5.56 Å². The molecular weight excluding hydrogens is 614 g/mol. The maximum absolute atomic E-state index is 13.5. The molecule has 0 spiro atoms. The van der Waals surface area contributed by atoms with E-state index in [0.29, 0.717) is 31.1 Å². The van der Waals surface area contributed by atoms with Crippen LogP contribution in [-0.2, 0) is 19.3 Å². The first-order chi connectivity index (χ1) is 21.7. The molecule has 1 aromatic heterocycles. The summed E-state index contributed by atoms with van der Waals surface area (Å²) in [7, 11) is 1.59. The molecule has 46 heavy (non-hydrogen) atoms. The second kappa shape index (κ2) is 16.4. The molecule has 0 radical (unpaired) electrons. The third kappa shape index (κ3) is 11.5. The van der Waals surface area contributed by atoms with Crippen molar-refractivity contribution in [2.45, 2.75) is 32.6 Å². The van der Waals surface area contributed by atoms with Crippen molar-refractivity contribution in [3.63, 3.8) is 0 Å². The van der Waals surface area contributed by atoms with E-state index in [1.807, 2.05) is 30.3 Å². The molecule has 3 aromatic carbocycles. The summed E-state index contributed by atoms with van der Waals surface area (Å²) < 4.78 is 76.3. The van der Waals surface area contributed by atoms with E-state index in [1.54, 1.807) is 14.0 Å². The number of pyridine rings is 1. The van der Waals surface area contributed by atoms with Crippen LogP contribution in [0.2, 0.25) is 0 Å². The van der Waals surface area contributed by atoms with Gasteiger partial charge in [-0.1, -0.05) is 30.3 Å². The van der Waals surface area contributed by atoms with E-state index in [0.717, 1.165) is 29.8 Å². The molecule has 0 aliphatic rings. The minimum atomic E-state index is -4.64. The van der Waals surface area contributed by atoms with Crippen LogP contribution < -0.4 is 16.2 Å². The Bertz CT molecular complexity index is 1640. The summed E-state index contributed by atoms with van der Waals surface area (Å²) in [6.45, 7) is 2.51. The number of nitrogens with one attached hydrogen (secondary N) is 3. The molecule has 0 unspecified atom stereocenters. The largest absolute Gasteiger partial charge is 0.416 e. The molecule has 0 bridgehead atoms. The standard InChI is InChI=1S/C26H26F4N4O3.C7H6F2/c1-34(16-17-6-3-2-4-7-17)25(37)19-12-22(33-23(35)13-19)24(36)32-9-5-8-31-15-18-10-20(26(28,29)30)14-21(27)11-18;1-5-2-6(8)4-7(9)3-5/h2-4,6-7,10-14,31H,5,8-9,15-16H2,1H3,(H,32,36)(H,33,35);2-4H,1H3. The Hall–Kier alpha value is -4.91. The van der Waals surface area contributed by atoms with Crippen molar-refractivity contribution < 1.29 is 35.9 Å². The highest BCUT2D eigenvalue weighted by molar-refractivity contribution is 5.98. The third-order valence-electron chi connectivity index (χ3n) is 6.38. The van der Waals surface area contributed by atoms with Crippen LogP contribution in [0.15, 0.2) is 83.7 Å². The van der Waals surface area contributed by atoms with E-state index in [9.17, 15) is 40.7 Å². The molecule has 3 N–H and O–H groups in total. The number of amides is 2. The molecule has 0 saturated heterocycles. The van der Waals surface area contributed by atoms with Crippen LogP contribution in [0.1, 0.15) is 49.5 Å². The highest BCUT2D eigenvalue weighted by Crippen LogP contribution is 2.30. The Labute approximate surface area is 261 Å². The van der Waals surface area contributed by atoms with Crippen LogP contribution in [-0.4, -0.2) is 41.8 Å². The molecule has 2 amide bonds. The molecule has 0 aliphatic carbocycles. The number of hydrogen-bond acceptors (Lipinski definition) is 4. The van der Waals surface area contributed by atoms with E-state index in [4.69, 9.17) is 0 Å². The van der Waals surface area contributed by atoms with Crippen molar-refractivity contribution >= 4 is 11.8 Å². The second-order valence-corrected chi connectivity index (χ2v) is 10.4. The number of aromatic amines is 1. The predicted octanol–water partition coefficient (Wildman–Crippen LogP) is 5.99. The van der Waals surface area contributed by atoms with Gasteiger partial charge in [0.2, 0.25) is 5.56 Å². The molecule has 0 saturated carbocycles. The first-order valence-corrected chi connectivity index (χ1v) is 14.0. The molecule has 0 fully saturated rings. The predicted molar refractivity (Wildman–Crippen MR) is 160 cm³/mol. The summed E-state index contributed by atoms with van der Waals surface area (Å²) in [5.41, 5.74) is 0.00316. The van der Waals surface area contributed by atoms with Gasteiger partial charge in [-0.15, -0.1) is 0 Å². The van der Waals surface area contributed by atoms with Gasteiger partial charge in [-0.25, -0.2) is 13.2 Å². The number of nitrogens with zero attached hydrogens (tertiary/aromatic N) is 1. The number of carbonyl (C=O) groups excluding carboxylic acids is 2. The lowest BCUT2D eigenvalue weighted by Gasteiger charge is -2.17. The first-order valence-electron chi connectivity index (χ1n) is 14.0. The number of aromatic nitrogens is 1. The lowest BCUT2D eigenvalue weighted by Crippen LogP contribution is -2.31. The summed E-state index contributed by atoms with van der Waals surface area (Å²) in [6, 6.07) is 17.5. The zero-order valence-electron chi connectivity index (χ0n) is 25.0. The second-order valence-electron chi connectivity index (χ2n) is 10.4. The maximum Gasteiger partial charge on any atom is 0.416 e. The van der Waals surface area contributed by atoms with Crippen LogP contribution in [0, 0.1) is 24.4 Å². The number of benzene rings is 3. The molecule has 4 aromatic rings. The van der Waals surface area contributed by atoms with Crippen molar-refractivity contribution in [2.24, 2.45) is 0 Å². The molecular formula is C33H32F6N4O3. The number of rotatable bonds is 10. The van der Waals surface area contributed by atoms with Gasteiger partial charge in [0.15, 0.2) is 0 Å². The van der Waals surface area contributed by atoms with Crippen molar-refractivity contribution in [1.82, 2.24) is 20.5 Å². The number of alkyl halides is 3. The number of carbonyl (C=O) groups is 2. The van der Waals surface area contributed by atoms with Crippen molar-refractivity contribution in [2.75, 3.05) is 20.1 Å². The molecule has 0 atom stereocenters. The van der Waals surface area contributed by atoms with Gasteiger partial charge in [-0.05, 0) is 73.0 Å². The molecule has 7 nitrogen and oxygen atoms in total. The monoisotopic (exact) mass is 646 g/mol. The lowest BCUT2D eigenvalue weighted by molar-refractivity contribution is -0.137.